The first kappa shape index (κ1) is 27.5. The van der Waals surface area contributed by atoms with Crippen molar-refractivity contribution in [1.82, 2.24) is 14.6 Å². The van der Waals surface area contributed by atoms with Crippen LogP contribution in [-0.2, 0) is 22.1 Å². The predicted octanol–water partition coefficient (Wildman–Crippen LogP) is 4.47. The Morgan fingerprint density at radius 2 is 1.92 bits per heavy atom. The first-order valence-corrected chi connectivity index (χ1v) is 13.9. The fourth-order valence-corrected chi connectivity index (χ4v) is 6.46. The van der Waals surface area contributed by atoms with Crippen LogP contribution in [0.25, 0.3) is 0 Å². The van der Waals surface area contributed by atoms with E-state index in [-0.39, 0.29) is 5.96 Å². The Balaban J connectivity index is 1.90. The lowest BCUT2D eigenvalue weighted by atomic mass is 9.88. The molecular formula is C25H35N5O4S2. The Labute approximate surface area is 218 Å². The molecule has 36 heavy (non-hydrogen) atoms. The zero-order valence-corrected chi connectivity index (χ0v) is 23.5. The van der Waals surface area contributed by atoms with E-state index in [0.29, 0.717) is 28.9 Å². The molecule has 1 aliphatic rings. The minimum absolute atomic E-state index is 0.241. The van der Waals surface area contributed by atoms with E-state index in [9.17, 15) is 8.42 Å². The smallest absolute Gasteiger partial charge is 0.245 e. The molecule has 0 spiro atoms. The lowest BCUT2D eigenvalue weighted by Crippen LogP contribution is -2.62. The number of allylic oxidation sites excluding steroid dienone is 3. The molecular weight excluding hydrogens is 498 g/mol. The Kier molecular flexibility index (Phi) is 8.35. The number of ether oxygens (including phenoxy) is 2. The van der Waals surface area contributed by atoms with Crippen molar-refractivity contribution >= 4 is 33.1 Å². The number of aliphatic imine (C=N–C) groups is 1. The molecule has 2 aromatic rings. The number of sulfonamides is 1. The highest BCUT2D eigenvalue weighted by Crippen LogP contribution is 2.47. The summed E-state index contributed by atoms with van der Waals surface area (Å²) in [5, 5.41) is 8.80. The lowest BCUT2D eigenvalue weighted by Gasteiger charge is -2.46. The largest absolute Gasteiger partial charge is 0.497 e. The van der Waals surface area contributed by atoms with Crippen LogP contribution < -0.4 is 20.1 Å². The molecule has 0 saturated carbocycles. The number of guanidine groups is 1. The van der Waals surface area contributed by atoms with Gasteiger partial charge in [-0.25, -0.2) is 22.7 Å². The van der Waals surface area contributed by atoms with Gasteiger partial charge < -0.3 is 20.1 Å². The molecule has 196 valence electrons. The highest BCUT2D eigenvalue weighted by Gasteiger charge is 2.58. The summed E-state index contributed by atoms with van der Waals surface area (Å²) in [5.74, 6) is 2.29. The van der Waals surface area contributed by atoms with Gasteiger partial charge in [-0.05, 0) is 45.4 Å². The number of hydrogen-bond donors (Lipinski definition) is 2. The predicted molar refractivity (Wildman–Crippen MR) is 146 cm³/mol. The molecule has 3 rings (SSSR count). The summed E-state index contributed by atoms with van der Waals surface area (Å²) in [6, 6.07) is 5.62. The van der Waals surface area contributed by atoms with Crippen molar-refractivity contribution in [3.8, 4) is 11.5 Å². The normalized spacial score (nSPS) is 21.0. The molecule has 9 nitrogen and oxygen atoms in total. The van der Waals surface area contributed by atoms with E-state index in [4.69, 9.17) is 19.5 Å². The van der Waals surface area contributed by atoms with Crippen molar-refractivity contribution in [2.24, 2.45) is 4.99 Å². The molecule has 1 aliphatic heterocycles. The SMILES string of the molecule is CC/C=C\C=C/NC1=NC(C)(c2nc(NCc3ccc(OC)cc3OC)cs2)C(C)(C)S(=O)(=O)N1C. The molecule has 1 aromatic carbocycles. The van der Waals surface area contributed by atoms with E-state index in [1.165, 1.54) is 22.7 Å². The molecule has 0 saturated heterocycles. The van der Waals surface area contributed by atoms with Gasteiger partial charge in [0.15, 0.2) is 0 Å². The highest BCUT2D eigenvalue weighted by atomic mass is 32.2. The first-order valence-electron chi connectivity index (χ1n) is 11.6. The summed E-state index contributed by atoms with van der Waals surface area (Å²) in [6.07, 6.45) is 8.29. The van der Waals surface area contributed by atoms with Gasteiger partial charge in [-0.3, -0.25) is 0 Å². The van der Waals surface area contributed by atoms with Gasteiger partial charge in [-0.15, -0.1) is 11.3 Å². The van der Waals surface area contributed by atoms with E-state index < -0.39 is 20.3 Å². The van der Waals surface area contributed by atoms with Crippen LogP contribution in [0.5, 0.6) is 11.5 Å². The Hall–Kier alpha value is -3.05. The van der Waals surface area contributed by atoms with Crippen LogP contribution in [0, 0.1) is 0 Å². The standard InChI is InChI=1S/C25H35N5O4S2/c1-8-9-10-11-14-26-23-29-25(4,24(2,3)36(31,32)30(23)5)22-28-21(17-35-22)27-16-18-12-13-19(33-6)15-20(18)34-7/h9-15,17,27H,8,16H2,1-7H3,(H,26,29)/b10-9-,14-11-. The number of hydrogen-bond acceptors (Lipinski definition) is 9. The van der Waals surface area contributed by atoms with Crippen LogP contribution in [0.15, 0.2) is 53.0 Å². The zero-order valence-electron chi connectivity index (χ0n) is 21.8. The second kappa shape index (κ2) is 10.9. The molecule has 2 heterocycles. The van der Waals surface area contributed by atoms with Crippen LogP contribution in [0.1, 0.15) is 44.7 Å². The number of nitrogens with zero attached hydrogens (tertiary/aromatic N) is 3. The average Bonchev–Trinajstić information content (AvgIpc) is 3.34. The second-order valence-electron chi connectivity index (χ2n) is 8.90. The molecule has 0 fully saturated rings. The van der Waals surface area contributed by atoms with Crippen LogP contribution in [0.3, 0.4) is 0 Å². The Bertz CT molecular complexity index is 1270. The number of anilines is 1. The lowest BCUT2D eigenvalue weighted by molar-refractivity contribution is 0.335. The van der Waals surface area contributed by atoms with Gasteiger partial charge in [-0.2, -0.15) is 0 Å². The van der Waals surface area contributed by atoms with Gasteiger partial charge in [0.05, 0.1) is 14.2 Å². The molecule has 1 atom stereocenters. The number of methoxy groups -OCH3 is 2. The van der Waals surface area contributed by atoms with Gasteiger partial charge in [0.2, 0.25) is 16.0 Å². The monoisotopic (exact) mass is 533 g/mol. The third-order valence-electron chi connectivity index (χ3n) is 6.47. The maximum Gasteiger partial charge on any atom is 0.245 e. The summed E-state index contributed by atoms with van der Waals surface area (Å²) in [6.45, 7) is 7.71. The molecule has 2 N–H and O–H groups in total. The van der Waals surface area contributed by atoms with E-state index in [0.717, 1.165) is 12.0 Å². The van der Waals surface area contributed by atoms with Crippen LogP contribution in [0.2, 0.25) is 0 Å². The van der Waals surface area contributed by atoms with Gasteiger partial charge in [-0.1, -0.05) is 19.1 Å². The maximum absolute atomic E-state index is 13.5. The van der Waals surface area contributed by atoms with Gasteiger partial charge in [0.1, 0.15) is 32.6 Å². The van der Waals surface area contributed by atoms with E-state index in [1.807, 2.05) is 55.7 Å². The number of aromatic nitrogens is 1. The van der Waals surface area contributed by atoms with Crippen molar-refractivity contribution in [2.45, 2.75) is 50.9 Å². The van der Waals surface area contributed by atoms with E-state index in [1.54, 1.807) is 34.3 Å². The first-order chi connectivity index (χ1) is 17.0. The quantitative estimate of drug-likeness (QED) is 0.458. The van der Waals surface area contributed by atoms with E-state index >= 15 is 0 Å². The third-order valence-corrected chi connectivity index (χ3v) is 10.1. The molecule has 0 bridgehead atoms. The molecule has 0 aliphatic carbocycles. The fraction of sp³-hybridized carbons (Fsp3) is 0.440. The number of rotatable bonds is 9. The number of benzene rings is 1. The summed E-state index contributed by atoms with van der Waals surface area (Å²) in [5.41, 5.74) is -0.175. The van der Waals surface area contributed by atoms with Crippen molar-refractivity contribution in [3.63, 3.8) is 0 Å². The molecule has 0 radical (unpaired) electrons. The summed E-state index contributed by atoms with van der Waals surface area (Å²) in [4.78, 5) is 9.62. The minimum Gasteiger partial charge on any atom is -0.497 e. The molecule has 1 aromatic heterocycles. The van der Waals surface area contributed by atoms with Crippen LogP contribution in [0.4, 0.5) is 5.82 Å². The Morgan fingerprint density at radius 1 is 1.17 bits per heavy atom. The van der Waals surface area contributed by atoms with Crippen molar-refractivity contribution < 1.29 is 17.9 Å². The molecule has 0 amide bonds. The molecule has 1 unspecified atom stereocenters. The zero-order chi connectivity index (χ0) is 26.6. The third kappa shape index (κ3) is 5.08. The average molecular weight is 534 g/mol. The van der Waals surface area contributed by atoms with Crippen LogP contribution in [-0.4, -0.2) is 49.7 Å². The fourth-order valence-electron chi connectivity index (χ4n) is 3.71. The van der Waals surface area contributed by atoms with Crippen molar-refractivity contribution in [2.75, 3.05) is 26.6 Å². The van der Waals surface area contributed by atoms with Gasteiger partial charge in [0.25, 0.3) is 0 Å². The second-order valence-corrected chi connectivity index (χ2v) is 12.3. The maximum atomic E-state index is 13.5. The topological polar surface area (TPSA) is 105 Å². The summed E-state index contributed by atoms with van der Waals surface area (Å²) >= 11 is 1.38. The highest BCUT2D eigenvalue weighted by molar-refractivity contribution is 7.91. The number of thiazole rings is 1. The minimum atomic E-state index is -3.75. The molecule has 11 heteroatoms. The summed E-state index contributed by atoms with van der Waals surface area (Å²) in [7, 11) is 0.983. The van der Waals surface area contributed by atoms with Crippen molar-refractivity contribution in [1.29, 1.82) is 0 Å². The van der Waals surface area contributed by atoms with Crippen molar-refractivity contribution in [3.05, 3.63) is 58.6 Å². The summed E-state index contributed by atoms with van der Waals surface area (Å²) < 4.78 is 37.7. The Morgan fingerprint density at radius 3 is 2.58 bits per heavy atom. The van der Waals surface area contributed by atoms with Gasteiger partial charge >= 0.3 is 0 Å². The van der Waals surface area contributed by atoms with Gasteiger partial charge in [0, 0.05) is 36.8 Å². The number of nitrogens with one attached hydrogen (secondary N) is 2. The van der Waals surface area contributed by atoms with Crippen LogP contribution >= 0.6 is 11.3 Å². The van der Waals surface area contributed by atoms with E-state index in [2.05, 4.69) is 10.6 Å².